The van der Waals surface area contributed by atoms with E-state index >= 15 is 0 Å². The number of amides is 1. The minimum Gasteiger partial charge on any atom is -0.464 e. The van der Waals surface area contributed by atoms with Crippen molar-refractivity contribution < 1.29 is 9.21 Å². The van der Waals surface area contributed by atoms with Crippen molar-refractivity contribution in [1.82, 2.24) is 9.88 Å². The number of furan rings is 1. The second-order valence-electron chi connectivity index (χ2n) is 4.89. The van der Waals surface area contributed by atoms with Gasteiger partial charge in [-0.25, -0.2) is 0 Å². The van der Waals surface area contributed by atoms with Crippen molar-refractivity contribution in [1.29, 1.82) is 0 Å². The van der Waals surface area contributed by atoms with E-state index in [1.807, 2.05) is 32.9 Å². The summed E-state index contributed by atoms with van der Waals surface area (Å²) in [6, 6.07) is 5.44. The van der Waals surface area contributed by atoms with Crippen LogP contribution in [0.1, 0.15) is 35.7 Å². The van der Waals surface area contributed by atoms with E-state index < -0.39 is 0 Å². The van der Waals surface area contributed by atoms with Crippen molar-refractivity contribution in [3.05, 3.63) is 52.7 Å². The molecule has 0 fully saturated rings. The number of rotatable bonds is 4. The van der Waals surface area contributed by atoms with Gasteiger partial charge in [-0.1, -0.05) is 11.6 Å². The Labute approximate surface area is 123 Å². The number of hydrogen-bond donors (Lipinski definition) is 0. The van der Waals surface area contributed by atoms with Gasteiger partial charge in [0.2, 0.25) is 0 Å². The van der Waals surface area contributed by atoms with E-state index in [1.54, 1.807) is 17.2 Å². The lowest BCUT2D eigenvalue weighted by Gasteiger charge is -2.26. The van der Waals surface area contributed by atoms with Crippen LogP contribution < -0.4 is 0 Å². The zero-order valence-corrected chi connectivity index (χ0v) is 12.5. The molecule has 5 heteroatoms. The van der Waals surface area contributed by atoms with E-state index in [0.29, 0.717) is 17.1 Å². The van der Waals surface area contributed by atoms with Crippen molar-refractivity contribution in [2.24, 2.45) is 0 Å². The molecule has 0 aliphatic carbocycles. The highest BCUT2D eigenvalue weighted by Crippen LogP contribution is 2.19. The number of hydrogen-bond acceptors (Lipinski definition) is 3. The van der Waals surface area contributed by atoms with Crippen LogP contribution in [-0.2, 0) is 6.54 Å². The predicted octanol–water partition coefficient (Wildman–Crippen LogP) is 3.69. The Hall–Kier alpha value is -1.81. The zero-order chi connectivity index (χ0) is 14.7. The molecule has 0 radical (unpaired) electrons. The van der Waals surface area contributed by atoms with Crippen LogP contribution in [0, 0.1) is 6.92 Å². The first-order valence-corrected chi connectivity index (χ1v) is 6.82. The fourth-order valence-corrected chi connectivity index (χ4v) is 2.13. The summed E-state index contributed by atoms with van der Waals surface area (Å²) < 4.78 is 5.54. The number of halogens is 1. The van der Waals surface area contributed by atoms with Crippen LogP contribution in [0.2, 0.25) is 5.02 Å². The number of aryl methyl sites for hydroxylation is 1. The lowest BCUT2D eigenvalue weighted by Crippen LogP contribution is -2.36. The third-order valence-corrected chi connectivity index (χ3v) is 3.31. The molecule has 0 aliphatic rings. The first-order valence-electron chi connectivity index (χ1n) is 6.45. The molecule has 0 spiro atoms. The molecule has 0 N–H and O–H groups in total. The molecule has 0 bridgehead atoms. The van der Waals surface area contributed by atoms with Gasteiger partial charge in [-0.2, -0.15) is 0 Å². The molecule has 20 heavy (non-hydrogen) atoms. The summed E-state index contributed by atoms with van der Waals surface area (Å²) in [6.45, 7) is 6.22. The molecule has 0 unspecified atom stereocenters. The Balaban J connectivity index is 2.25. The monoisotopic (exact) mass is 292 g/mol. The summed E-state index contributed by atoms with van der Waals surface area (Å²) in [5.74, 6) is 1.47. The lowest BCUT2D eigenvalue weighted by atomic mass is 10.2. The summed E-state index contributed by atoms with van der Waals surface area (Å²) in [5, 5.41) is 0.360. The predicted molar refractivity (Wildman–Crippen MR) is 77.7 cm³/mol. The van der Waals surface area contributed by atoms with E-state index in [2.05, 4.69) is 4.98 Å². The highest BCUT2D eigenvalue weighted by atomic mass is 35.5. The lowest BCUT2D eigenvalue weighted by molar-refractivity contribution is 0.0675. The first kappa shape index (κ1) is 14.6. The van der Waals surface area contributed by atoms with Crippen LogP contribution in [0.15, 0.2) is 35.0 Å². The fraction of sp³-hybridized carbons (Fsp3) is 0.333. The van der Waals surface area contributed by atoms with Gasteiger partial charge in [-0.15, -0.1) is 0 Å². The van der Waals surface area contributed by atoms with Crippen LogP contribution in [0.3, 0.4) is 0 Å². The summed E-state index contributed by atoms with van der Waals surface area (Å²) in [4.78, 5) is 18.2. The molecule has 106 valence electrons. The minimum atomic E-state index is -0.124. The second-order valence-corrected chi connectivity index (χ2v) is 5.30. The molecule has 0 saturated carbocycles. The molecule has 2 aromatic rings. The second kappa shape index (κ2) is 6.09. The van der Waals surface area contributed by atoms with E-state index in [-0.39, 0.29) is 11.9 Å². The highest BCUT2D eigenvalue weighted by Gasteiger charge is 2.22. The number of pyridine rings is 1. The van der Waals surface area contributed by atoms with Gasteiger partial charge >= 0.3 is 0 Å². The molecular formula is C15H17ClN2O2. The van der Waals surface area contributed by atoms with Crippen molar-refractivity contribution >= 4 is 17.5 Å². The van der Waals surface area contributed by atoms with Crippen molar-refractivity contribution in [2.45, 2.75) is 33.4 Å². The maximum absolute atomic E-state index is 12.6. The van der Waals surface area contributed by atoms with Gasteiger partial charge in [0.15, 0.2) is 0 Å². The van der Waals surface area contributed by atoms with E-state index in [0.717, 1.165) is 11.5 Å². The smallest absolute Gasteiger partial charge is 0.256 e. The van der Waals surface area contributed by atoms with Crippen molar-refractivity contribution in [2.75, 3.05) is 0 Å². The summed E-state index contributed by atoms with van der Waals surface area (Å²) in [6.07, 6.45) is 3.04. The van der Waals surface area contributed by atoms with Gasteiger partial charge < -0.3 is 9.32 Å². The molecule has 0 atom stereocenters. The Bertz CT molecular complexity index is 607. The highest BCUT2D eigenvalue weighted by molar-refractivity contribution is 6.33. The van der Waals surface area contributed by atoms with Crippen LogP contribution in [0.5, 0.6) is 0 Å². The maximum atomic E-state index is 12.6. The van der Waals surface area contributed by atoms with E-state index in [1.165, 1.54) is 6.20 Å². The Kier molecular flexibility index (Phi) is 4.45. The zero-order valence-electron chi connectivity index (χ0n) is 11.8. The van der Waals surface area contributed by atoms with Crippen LogP contribution in [0.4, 0.5) is 0 Å². The fourth-order valence-electron chi connectivity index (χ4n) is 1.93. The molecule has 0 aliphatic heterocycles. The molecule has 0 saturated heterocycles. The Morgan fingerprint density at radius 2 is 2.15 bits per heavy atom. The average Bonchev–Trinajstić information content (AvgIpc) is 2.81. The van der Waals surface area contributed by atoms with Crippen molar-refractivity contribution in [3.63, 3.8) is 0 Å². The topological polar surface area (TPSA) is 46.3 Å². The SMILES string of the molecule is Cc1ccc(CN(C(=O)c2ccncc2Cl)C(C)C)o1. The molecule has 0 aromatic carbocycles. The molecule has 2 rings (SSSR count). The van der Waals surface area contributed by atoms with Gasteiger partial charge in [0.25, 0.3) is 5.91 Å². The van der Waals surface area contributed by atoms with E-state index in [9.17, 15) is 4.79 Å². The van der Waals surface area contributed by atoms with Gasteiger partial charge in [-0.05, 0) is 39.0 Å². The number of nitrogens with zero attached hydrogens (tertiary/aromatic N) is 2. The number of aromatic nitrogens is 1. The van der Waals surface area contributed by atoms with Crippen LogP contribution in [-0.4, -0.2) is 21.8 Å². The third-order valence-electron chi connectivity index (χ3n) is 3.01. The quantitative estimate of drug-likeness (QED) is 0.863. The van der Waals surface area contributed by atoms with Gasteiger partial charge in [0.05, 0.1) is 17.1 Å². The van der Waals surface area contributed by atoms with Gasteiger partial charge in [0, 0.05) is 18.4 Å². The largest absolute Gasteiger partial charge is 0.464 e. The third kappa shape index (κ3) is 3.20. The van der Waals surface area contributed by atoms with Crippen LogP contribution in [0.25, 0.3) is 0 Å². The molecular weight excluding hydrogens is 276 g/mol. The van der Waals surface area contributed by atoms with Crippen LogP contribution >= 0.6 is 11.6 Å². The summed E-state index contributed by atoms with van der Waals surface area (Å²) in [5.41, 5.74) is 0.457. The van der Waals surface area contributed by atoms with Crippen molar-refractivity contribution in [3.8, 4) is 0 Å². The molecule has 2 heterocycles. The average molecular weight is 293 g/mol. The summed E-state index contributed by atoms with van der Waals surface area (Å²) in [7, 11) is 0. The Morgan fingerprint density at radius 3 is 2.70 bits per heavy atom. The summed E-state index contributed by atoms with van der Waals surface area (Å²) >= 11 is 6.04. The number of carbonyl (C=O) groups is 1. The molecule has 4 nitrogen and oxygen atoms in total. The first-order chi connectivity index (χ1) is 9.49. The van der Waals surface area contributed by atoms with Gasteiger partial charge in [-0.3, -0.25) is 9.78 Å². The standard InChI is InChI=1S/C15H17ClN2O2/c1-10(2)18(9-12-5-4-11(3)20-12)15(19)13-6-7-17-8-14(13)16/h4-8,10H,9H2,1-3H3. The number of carbonyl (C=O) groups excluding carboxylic acids is 1. The van der Waals surface area contributed by atoms with E-state index in [4.69, 9.17) is 16.0 Å². The van der Waals surface area contributed by atoms with Gasteiger partial charge in [0.1, 0.15) is 11.5 Å². The minimum absolute atomic E-state index is 0.0390. The normalized spacial score (nSPS) is 10.8. The Morgan fingerprint density at radius 1 is 1.40 bits per heavy atom. The molecule has 2 aromatic heterocycles. The molecule has 1 amide bonds. The maximum Gasteiger partial charge on any atom is 0.256 e.